The number of rotatable bonds is 8. The molecule has 1 heterocycles. The van der Waals surface area contributed by atoms with Crippen LogP contribution in [0.4, 0.5) is 5.69 Å². The van der Waals surface area contributed by atoms with Crippen LogP contribution >= 0.6 is 23.4 Å². The first kappa shape index (κ1) is 22.7. The minimum Gasteiger partial charge on any atom is -0.497 e. The standard InChI is InChI=1S/C24H21ClN4O3S/c1-31-20-11-3-16(4-12-20)23-27-28-24(29(23)19-9-5-17(25)6-10-19)33-15-22(30)26-18-7-13-21(32-2)14-8-18/h3-14H,15H2,1-2H3,(H,26,30). The largest absolute Gasteiger partial charge is 0.497 e. The van der Waals surface area contributed by atoms with E-state index in [2.05, 4.69) is 15.5 Å². The van der Waals surface area contributed by atoms with Crippen molar-refractivity contribution in [3.05, 3.63) is 77.8 Å². The predicted octanol–water partition coefficient (Wildman–Crippen LogP) is 5.34. The smallest absolute Gasteiger partial charge is 0.234 e. The number of nitrogens with one attached hydrogen (secondary N) is 1. The number of anilines is 1. The van der Waals surface area contributed by atoms with Gasteiger partial charge in [-0.25, -0.2) is 0 Å². The molecule has 0 radical (unpaired) electrons. The second-order valence-electron chi connectivity index (χ2n) is 6.91. The van der Waals surface area contributed by atoms with E-state index in [0.29, 0.717) is 21.7 Å². The van der Waals surface area contributed by atoms with Crippen molar-refractivity contribution in [3.8, 4) is 28.6 Å². The summed E-state index contributed by atoms with van der Waals surface area (Å²) < 4.78 is 12.3. The van der Waals surface area contributed by atoms with Gasteiger partial charge in [0.15, 0.2) is 11.0 Å². The van der Waals surface area contributed by atoms with Crippen LogP contribution in [0.5, 0.6) is 11.5 Å². The maximum absolute atomic E-state index is 12.5. The lowest BCUT2D eigenvalue weighted by molar-refractivity contribution is -0.113. The number of ether oxygens (including phenoxy) is 2. The van der Waals surface area contributed by atoms with E-state index >= 15 is 0 Å². The van der Waals surface area contributed by atoms with Crippen LogP contribution in [0, 0.1) is 0 Å². The van der Waals surface area contributed by atoms with Gasteiger partial charge in [0.05, 0.1) is 20.0 Å². The molecule has 0 aliphatic heterocycles. The Labute approximate surface area is 200 Å². The van der Waals surface area contributed by atoms with Crippen molar-refractivity contribution >= 4 is 35.0 Å². The van der Waals surface area contributed by atoms with Crippen molar-refractivity contribution in [2.24, 2.45) is 0 Å². The first-order valence-corrected chi connectivity index (χ1v) is 11.4. The fourth-order valence-corrected chi connectivity index (χ4v) is 3.99. The second-order valence-corrected chi connectivity index (χ2v) is 8.29. The highest BCUT2D eigenvalue weighted by atomic mass is 35.5. The normalized spacial score (nSPS) is 10.6. The van der Waals surface area contributed by atoms with Gasteiger partial charge >= 0.3 is 0 Å². The molecule has 0 bridgehead atoms. The molecule has 7 nitrogen and oxygen atoms in total. The average molecular weight is 481 g/mol. The molecule has 0 saturated heterocycles. The Morgan fingerprint density at radius 3 is 2.12 bits per heavy atom. The molecule has 0 spiro atoms. The van der Waals surface area contributed by atoms with Crippen LogP contribution in [0.15, 0.2) is 78.0 Å². The fourth-order valence-electron chi connectivity index (χ4n) is 3.11. The lowest BCUT2D eigenvalue weighted by Gasteiger charge is -2.11. The molecule has 33 heavy (non-hydrogen) atoms. The molecule has 4 rings (SSSR count). The van der Waals surface area contributed by atoms with Gasteiger partial charge in [-0.05, 0) is 72.8 Å². The number of nitrogens with zero attached hydrogens (tertiary/aromatic N) is 3. The van der Waals surface area contributed by atoms with Crippen LogP contribution in [-0.2, 0) is 4.79 Å². The lowest BCUT2D eigenvalue weighted by Crippen LogP contribution is -2.14. The Bertz CT molecular complexity index is 1230. The predicted molar refractivity (Wildman–Crippen MR) is 131 cm³/mol. The van der Waals surface area contributed by atoms with Gasteiger partial charge in [0.1, 0.15) is 11.5 Å². The Morgan fingerprint density at radius 2 is 1.52 bits per heavy atom. The van der Waals surface area contributed by atoms with Crippen molar-refractivity contribution < 1.29 is 14.3 Å². The average Bonchev–Trinajstić information content (AvgIpc) is 3.27. The summed E-state index contributed by atoms with van der Waals surface area (Å²) in [5.74, 6) is 2.14. The van der Waals surface area contributed by atoms with Crippen molar-refractivity contribution in [1.29, 1.82) is 0 Å². The molecule has 1 amide bonds. The molecule has 1 N–H and O–H groups in total. The van der Waals surface area contributed by atoms with E-state index in [1.165, 1.54) is 11.8 Å². The van der Waals surface area contributed by atoms with E-state index in [-0.39, 0.29) is 11.7 Å². The zero-order valence-electron chi connectivity index (χ0n) is 18.0. The highest BCUT2D eigenvalue weighted by Crippen LogP contribution is 2.29. The number of methoxy groups -OCH3 is 2. The monoisotopic (exact) mass is 480 g/mol. The van der Waals surface area contributed by atoms with Gasteiger partial charge < -0.3 is 14.8 Å². The van der Waals surface area contributed by atoms with Gasteiger partial charge in [-0.3, -0.25) is 9.36 Å². The van der Waals surface area contributed by atoms with Gasteiger partial charge in [-0.15, -0.1) is 10.2 Å². The van der Waals surface area contributed by atoms with Gasteiger partial charge in [0, 0.05) is 22.0 Å². The third kappa shape index (κ3) is 5.47. The van der Waals surface area contributed by atoms with E-state index in [1.54, 1.807) is 50.6 Å². The summed E-state index contributed by atoms with van der Waals surface area (Å²) in [6.45, 7) is 0. The molecular weight excluding hydrogens is 460 g/mol. The van der Waals surface area contributed by atoms with Gasteiger partial charge in [-0.2, -0.15) is 0 Å². The highest BCUT2D eigenvalue weighted by Gasteiger charge is 2.17. The minimum absolute atomic E-state index is 0.151. The quantitative estimate of drug-likeness (QED) is 0.343. The fraction of sp³-hybridized carbons (Fsp3) is 0.125. The molecule has 0 aliphatic rings. The molecule has 168 valence electrons. The molecule has 0 atom stereocenters. The first-order chi connectivity index (χ1) is 16.1. The van der Waals surface area contributed by atoms with E-state index < -0.39 is 0 Å². The summed E-state index contributed by atoms with van der Waals surface area (Å²) in [6.07, 6.45) is 0. The third-order valence-corrected chi connectivity index (χ3v) is 5.95. The number of amides is 1. The summed E-state index contributed by atoms with van der Waals surface area (Å²) in [6, 6.07) is 22.1. The Kier molecular flexibility index (Phi) is 7.16. The third-order valence-electron chi connectivity index (χ3n) is 4.77. The van der Waals surface area contributed by atoms with Crippen LogP contribution in [0.3, 0.4) is 0 Å². The zero-order chi connectivity index (χ0) is 23.2. The van der Waals surface area contributed by atoms with Crippen LogP contribution < -0.4 is 14.8 Å². The Morgan fingerprint density at radius 1 is 0.909 bits per heavy atom. The Balaban J connectivity index is 1.57. The number of carbonyl (C=O) groups is 1. The van der Waals surface area contributed by atoms with Crippen LogP contribution in [-0.4, -0.2) is 40.6 Å². The number of halogens is 1. The lowest BCUT2D eigenvalue weighted by atomic mass is 10.2. The zero-order valence-corrected chi connectivity index (χ0v) is 19.6. The van der Waals surface area contributed by atoms with Gasteiger partial charge in [0.2, 0.25) is 5.91 Å². The highest BCUT2D eigenvalue weighted by molar-refractivity contribution is 7.99. The number of carbonyl (C=O) groups excluding carboxylic acids is 1. The summed E-state index contributed by atoms with van der Waals surface area (Å²) in [7, 11) is 3.22. The number of hydrogen-bond acceptors (Lipinski definition) is 6. The van der Waals surface area contributed by atoms with E-state index in [1.807, 2.05) is 41.0 Å². The van der Waals surface area contributed by atoms with Crippen LogP contribution in [0.1, 0.15) is 0 Å². The Hall–Kier alpha value is -3.49. The van der Waals surface area contributed by atoms with E-state index in [0.717, 1.165) is 22.7 Å². The second kappa shape index (κ2) is 10.4. The maximum atomic E-state index is 12.5. The molecule has 3 aromatic carbocycles. The molecule has 0 unspecified atom stereocenters. The molecule has 0 aliphatic carbocycles. The molecule has 0 fully saturated rings. The molecule has 1 aromatic heterocycles. The van der Waals surface area contributed by atoms with Gasteiger partial charge in [0.25, 0.3) is 0 Å². The van der Waals surface area contributed by atoms with Crippen LogP contribution in [0.25, 0.3) is 17.1 Å². The van der Waals surface area contributed by atoms with Crippen molar-refractivity contribution in [2.75, 3.05) is 25.3 Å². The van der Waals surface area contributed by atoms with Crippen molar-refractivity contribution in [2.45, 2.75) is 5.16 Å². The van der Waals surface area contributed by atoms with Crippen LogP contribution in [0.2, 0.25) is 5.02 Å². The maximum Gasteiger partial charge on any atom is 0.234 e. The first-order valence-electron chi connectivity index (χ1n) is 10.00. The summed E-state index contributed by atoms with van der Waals surface area (Å²) in [4.78, 5) is 12.5. The van der Waals surface area contributed by atoms with E-state index in [9.17, 15) is 4.79 Å². The van der Waals surface area contributed by atoms with Crippen molar-refractivity contribution in [3.63, 3.8) is 0 Å². The minimum atomic E-state index is -0.151. The molecular formula is C24H21ClN4O3S. The van der Waals surface area contributed by atoms with Crippen molar-refractivity contribution in [1.82, 2.24) is 14.8 Å². The van der Waals surface area contributed by atoms with E-state index in [4.69, 9.17) is 21.1 Å². The molecule has 9 heteroatoms. The summed E-state index contributed by atoms with van der Waals surface area (Å²) >= 11 is 7.38. The number of benzene rings is 3. The number of thioether (sulfide) groups is 1. The van der Waals surface area contributed by atoms with Gasteiger partial charge in [-0.1, -0.05) is 23.4 Å². The molecule has 0 saturated carbocycles. The summed E-state index contributed by atoms with van der Waals surface area (Å²) in [5.41, 5.74) is 2.40. The molecule has 4 aromatic rings. The number of hydrogen-bond donors (Lipinski definition) is 1. The topological polar surface area (TPSA) is 78.3 Å². The number of aromatic nitrogens is 3. The SMILES string of the molecule is COc1ccc(NC(=O)CSc2nnc(-c3ccc(OC)cc3)n2-c2ccc(Cl)cc2)cc1. The summed E-state index contributed by atoms with van der Waals surface area (Å²) in [5, 5.41) is 12.8.